The molecule has 2 aliphatic heterocycles. The zero-order chi connectivity index (χ0) is 17.0. The molecule has 126 valence electrons. The Bertz CT molecular complexity index is 843. The first-order valence-electron chi connectivity index (χ1n) is 8.07. The van der Waals surface area contributed by atoms with Crippen LogP contribution in [0, 0.1) is 0 Å². The van der Waals surface area contributed by atoms with Crippen molar-refractivity contribution < 1.29 is 29.6 Å². The number of hydrogen-bond acceptors (Lipinski definition) is 6. The summed E-state index contributed by atoms with van der Waals surface area (Å²) in [5.74, 6) is -0.717. The van der Waals surface area contributed by atoms with Gasteiger partial charge in [0.25, 0.3) is 0 Å². The maximum absolute atomic E-state index is 11.7. The van der Waals surface area contributed by atoms with Gasteiger partial charge in [-0.05, 0) is 12.5 Å². The predicted octanol–water partition coefficient (Wildman–Crippen LogP) is 3.18. The number of phenols is 3. The molecule has 4 rings (SSSR count). The van der Waals surface area contributed by atoms with Crippen LogP contribution in [0.3, 0.4) is 0 Å². The van der Waals surface area contributed by atoms with Crippen molar-refractivity contribution >= 4 is 16.7 Å². The number of ether oxygens (including phenoxy) is 2. The summed E-state index contributed by atoms with van der Waals surface area (Å²) in [6.07, 6.45) is -0.121. The summed E-state index contributed by atoms with van der Waals surface area (Å²) in [5.41, 5.74) is 0.797. The van der Waals surface area contributed by atoms with Crippen LogP contribution in [0.1, 0.15) is 49.5 Å². The molecule has 0 saturated carbocycles. The molecule has 3 N–H and O–H groups in total. The van der Waals surface area contributed by atoms with E-state index in [2.05, 4.69) is 0 Å². The number of benzene rings is 2. The Morgan fingerprint density at radius 2 is 1.96 bits per heavy atom. The van der Waals surface area contributed by atoms with Gasteiger partial charge in [0.15, 0.2) is 6.10 Å². The fourth-order valence-electron chi connectivity index (χ4n) is 3.79. The predicted molar refractivity (Wildman–Crippen MR) is 84.9 cm³/mol. The summed E-state index contributed by atoms with van der Waals surface area (Å²) in [6.45, 7) is 1.99. The van der Waals surface area contributed by atoms with Crippen LogP contribution in [-0.2, 0) is 14.3 Å². The lowest BCUT2D eigenvalue weighted by molar-refractivity contribution is -0.143. The molecule has 2 aromatic carbocycles. The Kier molecular flexibility index (Phi) is 3.31. The number of fused-ring (bicyclic) bond motifs is 4. The number of phenolic OH excluding ortho intramolecular Hbond substituents is 3. The average Bonchev–Trinajstić information content (AvgIpc) is 2.91. The smallest absolute Gasteiger partial charge is 0.309 e. The summed E-state index contributed by atoms with van der Waals surface area (Å²) in [7, 11) is 0. The van der Waals surface area contributed by atoms with Crippen LogP contribution in [0.2, 0.25) is 0 Å². The number of aromatic hydroxyl groups is 3. The van der Waals surface area contributed by atoms with Gasteiger partial charge in [-0.15, -0.1) is 0 Å². The second-order valence-corrected chi connectivity index (χ2v) is 6.29. The molecule has 0 spiro atoms. The molecule has 2 heterocycles. The van der Waals surface area contributed by atoms with Gasteiger partial charge in [-0.25, -0.2) is 0 Å². The monoisotopic (exact) mass is 330 g/mol. The largest absolute Gasteiger partial charge is 0.507 e. The van der Waals surface area contributed by atoms with Crippen LogP contribution in [0.5, 0.6) is 17.2 Å². The molecule has 6 heteroatoms. The van der Waals surface area contributed by atoms with E-state index in [9.17, 15) is 20.1 Å². The first-order valence-corrected chi connectivity index (χ1v) is 8.07. The zero-order valence-electron chi connectivity index (χ0n) is 13.2. The van der Waals surface area contributed by atoms with E-state index in [-0.39, 0.29) is 35.0 Å². The molecule has 1 fully saturated rings. The van der Waals surface area contributed by atoms with E-state index in [0.29, 0.717) is 22.9 Å². The Labute approximate surface area is 138 Å². The molecule has 2 aliphatic rings. The molecule has 0 unspecified atom stereocenters. The van der Waals surface area contributed by atoms with Crippen molar-refractivity contribution in [3.8, 4) is 17.2 Å². The molecule has 0 aromatic heterocycles. The average molecular weight is 330 g/mol. The number of carbonyl (C=O) groups is 1. The quantitative estimate of drug-likeness (QED) is 0.578. The van der Waals surface area contributed by atoms with E-state index >= 15 is 0 Å². The van der Waals surface area contributed by atoms with E-state index in [1.54, 1.807) is 12.1 Å². The van der Waals surface area contributed by atoms with Crippen LogP contribution in [-0.4, -0.2) is 27.4 Å². The molecule has 6 nitrogen and oxygen atoms in total. The lowest BCUT2D eigenvalue weighted by Gasteiger charge is -2.34. The van der Waals surface area contributed by atoms with Crippen molar-refractivity contribution in [3.63, 3.8) is 0 Å². The molecule has 1 saturated heterocycles. The highest BCUT2D eigenvalue weighted by Crippen LogP contribution is 2.55. The van der Waals surface area contributed by atoms with Gasteiger partial charge in [-0.1, -0.05) is 25.5 Å². The van der Waals surface area contributed by atoms with Crippen molar-refractivity contribution in [1.82, 2.24) is 0 Å². The molecule has 0 radical (unpaired) electrons. The highest BCUT2D eigenvalue weighted by Gasteiger charge is 2.47. The van der Waals surface area contributed by atoms with E-state index in [4.69, 9.17) is 9.47 Å². The van der Waals surface area contributed by atoms with Crippen molar-refractivity contribution in [3.05, 3.63) is 29.3 Å². The Morgan fingerprint density at radius 1 is 1.17 bits per heavy atom. The van der Waals surface area contributed by atoms with Gasteiger partial charge in [0, 0.05) is 16.5 Å². The minimum atomic E-state index is -0.738. The third kappa shape index (κ3) is 1.96. The lowest BCUT2D eigenvalue weighted by atomic mass is 9.85. The van der Waals surface area contributed by atoms with Gasteiger partial charge in [0.05, 0.1) is 17.9 Å². The number of carbonyl (C=O) groups excluding carboxylic acids is 1. The van der Waals surface area contributed by atoms with Gasteiger partial charge in [0.2, 0.25) is 0 Å². The maximum Gasteiger partial charge on any atom is 0.309 e. The van der Waals surface area contributed by atoms with E-state index in [1.807, 2.05) is 6.92 Å². The molecular weight excluding hydrogens is 312 g/mol. The number of rotatable bonds is 2. The van der Waals surface area contributed by atoms with Gasteiger partial charge in [-0.2, -0.15) is 0 Å². The molecule has 24 heavy (non-hydrogen) atoms. The topological polar surface area (TPSA) is 96.2 Å². The Balaban J connectivity index is 2.05. The maximum atomic E-state index is 11.7. The SMILES string of the molecule is CCC[C@H]1O[C@@H]2CC(=O)O[C@@H]2c2c1c(O)c1c(O)cccc1c2O. The van der Waals surface area contributed by atoms with Gasteiger partial charge in [0.1, 0.15) is 23.4 Å². The molecule has 3 atom stereocenters. The Morgan fingerprint density at radius 3 is 2.71 bits per heavy atom. The first-order chi connectivity index (χ1) is 11.5. The van der Waals surface area contributed by atoms with E-state index in [0.717, 1.165) is 6.42 Å². The third-order valence-electron chi connectivity index (χ3n) is 4.80. The molecule has 0 bridgehead atoms. The van der Waals surface area contributed by atoms with Crippen molar-refractivity contribution in [2.24, 2.45) is 0 Å². The normalized spacial score (nSPS) is 25.4. The van der Waals surface area contributed by atoms with Crippen LogP contribution in [0.25, 0.3) is 10.8 Å². The lowest BCUT2D eigenvalue weighted by Crippen LogP contribution is -2.28. The highest BCUT2D eigenvalue weighted by molar-refractivity contribution is 6.00. The van der Waals surface area contributed by atoms with Gasteiger partial charge >= 0.3 is 5.97 Å². The molecule has 0 aliphatic carbocycles. The number of hydrogen-bond donors (Lipinski definition) is 3. The summed E-state index contributed by atoms with van der Waals surface area (Å²) in [4.78, 5) is 11.7. The second kappa shape index (κ2) is 5.27. The van der Waals surface area contributed by atoms with Crippen molar-refractivity contribution in [1.29, 1.82) is 0 Å². The van der Waals surface area contributed by atoms with Crippen LogP contribution >= 0.6 is 0 Å². The summed E-state index contributed by atoms with van der Waals surface area (Å²) < 4.78 is 11.3. The minimum absolute atomic E-state index is 0.0807. The van der Waals surface area contributed by atoms with Crippen molar-refractivity contribution in [2.75, 3.05) is 0 Å². The molecule has 0 amide bonds. The second-order valence-electron chi connectivity index (χ2n) is 6.29. The van der Waals surface area contributed by atoms with Crippen molar-refractivity contribution in [2.45, 2.75) is 44.5 Å². The van der Waals surface area contributed by atoms with E-state index in [1.165, 1.54) is 6.07 Å². The summed E-state index contributed by atoms with van der Waals surface area (Å²) >= 11 is 0. The van der Waals surface area contributed by atoms with E-state index < -0.39 is 18.3 Å². The minimum Gasteiger partial charge on any atom is -0.507 e. The standard InChI is InChI=1S/C18H18O6/c1-2-4-10-14-15(18-11(23-10)7-12(20)24-18)16(21)8-5-3-6-9(19)13(8)17(14)22/h3,5-6,10-11,18-19,21-22H,2,4,7H2,1H3/t10-,11-,18+/m1/s1. The first kappa shape index (κ1) is 15.1. The zero-order valence-corrected chi connectivity index (χ0v) is 13.2. The van der Waals surface area contributed by atoms with Crippen LogP contribution in [0.15, 0.2) is 18.2 Å². The third-order valence-corrected chi connectivity index (χ3v) is 4.80. The van der Waals surface area contributed by atoms with Crippen LogP contribution in [0.4, 0.5) is 0 Å². The highest BCUT2D eigenvalue weighted by atomic mass is 16.6. The summed E-state index contributed by atoms with van der Waals surface area (Å²) in [5, 5.41) is 32.2. The molecule has 2 aromatic rings. The fraction of sp³-hybridized carbons (Fsp3) is 0.389. The molecular formula is C18H18O6. The van der Waals surface area contributed by atoms with Gasteiger partial charge in [-0.3, -0.25) is 4.79 Å². The van der Waals surface area contributed by atoms with Crippen LogP contribution < -0.4 is 0 Å². The number of esters is 1. The summed E-state index contributed by atoms with van der Waals surface area (Å²) in [6, 6.07) is 4.65. The van der Waals surface area contributed by atoms with Gasteiger partial charge < -0.3 is 24.8 Å². The Hall–Kier alpha value is -2.47. The fourth-order valence-corrected chi connectivity index (χ4v) is 3.79.